The van der Waals surface area contributed by atoms with Gasteiger partial charge in [-0.25, -0.2) is 0 Å². The lowest BCUT2D eigenvalue weighted by Crippen LogP contribution is -2.20. The smallest absolute Gasteiger partial charge is 0.307 e. The molecule has 0 aromatic carbocycles. The highest BCUT2D eigenvalue weighted by Crippen LogP contribution is 1.88. The number of ether oxygens (including phenoxy) is 1. The minimum atomic E-state index is -0.309. The van der Waals surface area contributed by atoms with Crippen LogP contribution in [-0.4, -0.2) is 10.5 Å². The van der Waals surface area contributed by atoms with Gasteiger partial charge in [-0.05, 0) is 6.07 Å². The van der Waals surface area contributed by atoms with Gasteiger partial charge in [-0.1, -0.05) is 13.0 Å². The zero-order valence-electron chi connectivity index (χ0n) is 7.40. The van der Waals surface area contributed by atoms with Crippen molar-refractivity contribution >= 4 is 5.97 Å². The molecule has 0 bridgehead atoms. The molecule has 0 aliphatic heterocycles. The first kappa shape index (κ1) is 9.51. The van der Waals surface area contributed by atoms with Gasteiger partial charge in [0.15, 0.2) is 6.73 Å². The summed E-state index contributed by atoms with van der Waals surface area (Å²) in [7, 11) is 0. The lowest BCUT2D eigenvalue weighted by molar-refractivity contribution is -0.147. The predicted molar refractivity (Wildman–Crippen MR) is 47.1 cm³/mol. The van der Waals surface area contributed by atoms with Gasteiger partial charge in [-0.15, -0.1) is 0 Å². The maximum Gasteiger partial charge on any atom is 0.307 e. The molecular weight excluding hydrogens is 170 g/mol. The molecule has 0 spiro atoms. The average Bonchev–Trinajstić information content (AvgIpc) is 2.16. The van der Waals surface area contributed by atoms with Crippen LogP contribution in [0.4, 0.5) is 0 Å². The fourth-order valence-electron chi connectivity index (χ4n) is 0.811. The highest BCUT2D eigenvalue weighted by atomic mass is 16.5. The second-order valence-electron chi connectivity index (χ2n) is 2.51. The van der Waals surface area contributed by atoms with Crippen molar-refractivity contribution in [3.05, 3.63) is 34.7 Å². The molecule has 1 aromatic rings. The average molecular weight is 181 g/mol. The third kappa shape index (κ3) is 2.74. The molecule has 70 valence electrons. The molecule has 0 unspecified atom stereocenters. The molecule has 13 heavy (non-hydrogen) atoms. The number of pyridine rings is 1. The van der Waals surface area contributed by atoms with Crippen LogP contribution in [0.5, 0.6) is 0 Å². The van der Waals surface area contributed by atoms with Crippen LogP contribution in [-0.2, 0) is 16.3 Å². The monoisotopic (exact) mass is 181 g/mol. The van der Waals surface area contributed by atoms with E-state index in [1.54, 1.807) is 25.3 Å². The van der Waals surface area contributed by atoms with Gasteiger partial charge in [0.2, 0.25) is 0 Å². The predicted octanol–water partition coefficient (Wildman–Crippen LogP) is 0.759. The van der Waals surface area contributed by atoms with Gasteiger partial charge in [-0.2, -0.15) is 0 Å². The molecule has 0 fully saturated rings. The number of hydrogen-bond donors (Lipinski definition) is 0. The summed E-state index contributed by atoms with van der Waals surface area (Å²) in [5, 5.41) is 0. The van der Waals surface area contributed by atoms with Crippen molar-refractivity contribution in [3.8, 4) is 0 Å². The first-order valence-corrected chi connectivity index (χ1v) is 4.05. The molecule has 1 aromatic heterocycles. The van der Waals surface area contributed by atoms with Crippen molar-refractivity contribution < 1.29 is 9.53 Å². The minimum Gasteiger partial charge on any atom is -0.444 e. The largest absolute Gasteiger partial charge is 0.444 e. The van der Waals surface area contributed by atoms with Crippen LogP contribution in [0.1, 0.15) is 13.3 Å². The van der Waals surface area contributed by atoms with Gasteiger partial charge in [-0.3, -0.25) is 14.2 Å². The molecule has 0 N–H and O–H groups in total. The van der Waals surface area contributed by atoms with Crippen molar-refractivity contribution in [1.82, 2.24) is 4.57 Å². The molecule has 0 amide bonds. The number of carbonyl (C=O) groups is 1. The van der Waals surface area contributed by atoms with Crippen molar-refractivity contribution in [2.45, 2.75) is 20.1 Å². The number of esters is 1. The molecule has 4 nitrogen and oxygen atoms in total. The van der Waals surface area contributed by atoms with Crippen LogP contribution in [0.25, 0.3) is 0 Å². The highest BCUT2D eigenvalue weighted by molar-refractivity contribution is 5.68. The second kappa shape index (κ2) is 4.45. The quantitative estimate of drug-likeness (QED) is 0.647. The Hall–Kier alpha value is -1.58. The van der Waals surface area contributed by atoms with Gasteiger partial charge in [0, 0.05) is 18.7 Å². The van der Waals surface area contributed by atoms with Gasteiger partial charge in [0.05, 0.1) is 0 Å². The van der Waals surface area contributed by atoms with E-state index in [0.717, 1.165) is 0 Å². The van der Waals surface area contributed by atoms with Crippen LogP contribution < -0.4 is 5.56 Å². The Kier molecular flexibility index (Phi) is 3.25. The molecule has 0 radical (unpaired) electrons. The third-order valence-electron chi connectivity index (χ3n) is 1.55. The maximum absolute atomic E-state index is 11.1. The normalized spacial score (nSPS) is 9.62. The first-order valence-electron chi connectivity index (χ1n) is 4.05. The summed E-state index contributed by atoms with van der Waals surface area (Å²) < 4.78 is 6.11. The van der Waals surface area contributed by atoms with Crippen molar-refractivity contribution in [3.63, 3.8) is 0 Å². The van der Waals surface area contributed by atoms with E-state index in [-0.39, 0.29) is 18.3 Å². The Morgan fingerprint density at radius 1 is 1.54 bits per heavy atom. The van der Waals surface area contributed by atoms with Crippen LogP contribution in [0.15, 0.2) is 29.2 Å². The standard InChI is InChI=1S/C9H11NO3/c1-2-9(12)13-7-10-6-4-3-5-8(10)11/h3-6H,2,7H2,1H3. The summed E-state index contributed by atoms with van der Waals surface area (Å²) in [6, 6.07) is 4.77. The molecule has 0 aliphatic carbocycles. The zero-order valence-corrected chi connectivity index (χ0v) is 7.40. The summed E-state index contributed by atoms with van der Waals surface area (Å²) in [5.74, 6) is -0.309. The molecule has 0 atom stereocenters. The maximum atomic E-state index is 11.1. The van der Waals surface area contributed by atoms with E-state index < -0.39 is 0 Å². The van der Waals surface area contributed by atoms with Gasteiger partial charge < -0.3 is 4.74 Å². The topological polar surface area (TPSA) is 48.3 Å². The molecule has 0 saturated heterocycles. The van der Waals surface area contributed by atoms with E-state index in [2.05, 4.69) is 0 Å². The van der Waals surface area contributed by atoms with Gasteiger partial charge in [0.25, 0.3) is 5.56 Å². The Bertz CT molecular complexity index is 343. The van der Waals surface area contributed by atoms with Crippen LogP contribution in [0.2, 0.25) is 0 Å². The lowest BCUT2D eigenvalue weighted by Gasteiger charge is -2.04. The number of rotatable bonds is 3. The van der Waals surface area contributed by atoms with Crippen molar-refractivity contribution in [1.29, 1.82) is 0 Å². The van der Waals surface area contributed by atoms with Crippen LogP contribution in [0.3, 0.4) is 0 Å². The van der Waals surface area contributed by atoms with Crippen LogP contribution in [0, 0.1) is 0 Å². The first-order chi connectivity index (χ1) is 6.24. The van der Waals surface area contributed by atoms with Crippen LogP contribution >= 0.6 is 0 Å². The second-order valence-corrected chi connectivity index (χ2v) is 2.51. The van der Waals surface area contributed by atoms with E-state index in [0.29, 0.717) is 6.42 Å². The third-order valence-corrected chi connectivity index (χ3v) is 1.55. The summed E-state index contributed by atoms with van der Waals surface area (Å²) in [5.41, 5.74) is -0.175. The zero-order chi connectivity index (χ0) is 9.68. The summed E-state index contributed by atoms with van der Waals surface area (Å²) in [4.78, 5) is 21.9. The SMILES string of the molecule is CCC(=O)OCn1ccccc1=O. The minimum absolute atomic E-state index is 0.00759. The van der Waals surface area contributed by atoms with Gasteiger partial charge in [0.1, 0.15) is 0 Å². The van der Waals surface area contributed by atoms with E-state index in [4.69, 9.17) is 4.74 Å². The Morgan fingerprint density at radius 3 is 2.92 bits per heavy atom. The van der Waals surface area contributed by atoms with Gasteiger partial charge >= 0.3 is 5.97 Å². The number of nitrogens with zero attached hydrogens (tertiary/aromatic N) is 1. The molecular formula is C9H11NO3. The van der Waals surface area contributed by atoms with E-state index in [9.17, 15) is 9.59 Å². The summed E-state index contributed by atoms with van der Waals surface area (Å²) in [6.07, 6.45) is 1.90. The number of carbonyl (C=O) groups excluding carboxylic acids is 1. The molecule has 1 rings (SSSR count). The summed E-state index contributed by atoms with van der Waals surface area (Å²) >= 11 is 0. The van der Waals surface area contributed by atoms with E-state index in [1.165, 1.54) is 10.6 Å². The van der Waals surface area contributed by atoms with E-state index >= 15 is 0 Å². The number of aromatic nitrogens is 1. The Morgan fingerprint density at radius 2 is 2.31 bits per heavy atom. The molecule has 0 saturated carbocycles. The van der Waals surface area contributed by atoms with Crippen molar-refractivity contribution in [2.24, 2.45) is 0 Å². The Labute approximate surface area is 75.8 Å². The molecule has 4 heteroatoms. The molecule has 0 aliphatic rings. The fourth-order valence-corrected chi connectivity index (χ4v) is 0.811. The molecule has 1 heterocycles. The van der Waals surface area contributed by atoms with E-state index in [1.807, 2.05) is 0 Å². The summed E-state index contributed by atoms with van der Waals surface area (Å²) in [6.45, 7) is 1.70. The lowest BCUT2D eigenvalue weighted by atomic mass is 10.5. The van der Waals surface area contributed by atoms with Crippen molar-refractivity contribution in [2.75, 3.05) is 0 Å². The fraction of sp³-hybridized carbons (Fsp3) is 0.333. The Balaban J connectivity index is 2.60. The highest BCUT2D eigenvalue weighted by Gasteiger charge is 1.98. The number of hydrogen-bond acceptors (Lipinski definition) is 3.